The third-order valence-corrected chi connectivity index (χ3v) is 5.71. The molecule has 2 atom stereocenters. The van der Waals surface area contributed by atoms with Crippen LogP contribution >= 0.6 is 0 Å². The van der Waals surface area contributed by atoms with Crippen molar-refractivity contribution < 1.29 is 18.7 Å². The fourth-order valence-corrected chi connectivity index (χ4v) is 3.77. The zero-order valence-corrected chi connectivity index (χ0v) is 19.2. The van der Waals surface area contributed by atoms with Crippen LogP contribution in [0.2, 0.25) is 0 Å². The standard InChI is InChI=1S/C28H25NO5/c1-17-24(30)22-15-10-16-23(26(22)34-25(17)21-13-8-5-9-14-21)28(32)33-19(3)27(31)29-18(2)20-11-6-4-7-12-20/h4-16,18-19H,1-3H3,(H,29,31). The van der Waals surface area contributed by atoms with E-state index in [0.29, 0.717) is 11.3 Å². The summed E-state index contributed by atoms with van der Waals surface area (Å²) in [5.41, 5.74) is 2.11. The Bertz CT molecular complexity index is 1390. The summed E-state index contributed by atoms with van der Waals surface area (Å²) in [5, 5.41) is 3.13. The summed E-state index contributed by atoms with van der Waals surface area (Å²) in [6, 6.07) is 23.2. The van der Waals surface area contributed by atoms with E-state index < -0.39 is 18.0 Å². The number of para-hydroxylation sites is 1. The topological polar surface area (TPSA) is 85.6 Å². The second-order valence-electron chi connectivity index (χ2n) is 8.12. The molecule has 1 heterocycles. The van der Waals surface area contributed by atoms with Crippen molar-refractivity contribution in [1.82, 2.24) is 5.32 Å². The highest BCUT2D eigenvalue weighted by Crippen LogP contribution is 2.27. The van der Waals surface area contributed by atoms with Gasteiger partial charge in [-0.2, -0.15) is 0 Å². The predicted octanol–water partition coefficient (Wildman–Crippen LogP) is 5.19. The number of carbonyl (C=O) groups excluding carboxylic acids is 2. The molecule has 4 aromatic rings. The Balaban J connectivity index is 1.60. The van der Waals surface area contributed by atoms with Crippen molar-refractivity contribution in [2.45, 2.75) is 32.9 Å². The van der Waals surface area contributed by atoms with Crippen LogP contribution in [-0.4, -0.2) is 18.0 Å². The zero-order valence-electron chi connectivity index (χ0n) is 19.2. The van der Waals surface area contributed by atoms with Gasteiger partial charge in [0, 0.05) is 11.1 Å². The number of rotatable bonds is 6. The number of fused-ring (bicyclic) bond motifs is 1. The molecular weight excluding hydrogens is 430 g/mol. The van der Waals surface area contributed by atoms with Crippen molar-refractivity contribution in [3.05, 3.63) is 106 Å². The molecule has 0 saturated carbocycles. The van der Waals surface area contributed by atoms with Crippen LogP contribution in [0.25, 0.3) is 22.3 Å². The number of amides is 1. The number of hydrogen-bond acceptors (Lipinski definition) is 5. The molecule has 34 heavy (non-hydrogen) atoms. The monoisotopic (exact) mass is 455 g/mol. The summed E-state index contributed by atoms with van der Waals surface area (Å²) < 4.78 is 11.5. The van der Waals surface area contributed by atoms with Gasteiger partial charge in [-0.1, -0.05) is 66.7 Å². The lowest BCUT2D eigenvalue weighted by molar-refractivity contribution is -0.129. The Morgan fingerprint density at radius 2 is 1.53 bits per heavy atom. The van der Waals surface area contributed by atoms with Gasteiger partial charge in [-0.3, -0.25) is 9.59 Å². The molecule has 0 spiro atoms. The van der Waals surface area contributed by atoms with Crippen LogP contribution in [0.4, 0.5) is 0 Å². The van der Waals surface area contributed by atoms with Gasteiger partial charge in [-0.15, -0.1) is 0 Å². The summed E-state index contributed by atoms with van der Waals surface area (Å²) in [7, 11) is 0. The van der Waals surface area contributed by atoms with E-state index in [0.717, 1.165) is 11.1 Å². The average molecular weight is 456 g/mol. The quantitative estimate of drug-likeness (QED) is 0.404. The number of carbonyl (C=O) groups is 2. The van der Waals surface area contributed by atoms with Crippen molar-refractivity contribution in [3.8, 4) is 11.3 Å². The lowest BCUT2D eigenvalue weighted by atomic mass is 10.0. The van der Waals surface area contributed by atoms with Crippen molar-refractivity contribution >= 4 is 22.8 Å². The van der Waals surface area contributed by atoms with Gasteiger partial charge in [0.25, 0.3) is 5.91 Å². The van der Waals surface area contributed by atoms with Crippen molar-refractivity contribution in [1.29, 1.82) is 0 Å². The highest BCUT2D eigenvalue weighted by atomic mass is 16.5. The third-order valence-electron chi connectivity index (χ3n) is 5.71. The maximum absolute atomic E-state index is 13.0. The normalized spacial score (nSPS) is 12.7. The maximum Gasteiger partial charge on any atom is 0.342 e. The molecule has 0 fully saturated rings. The predicted molar refractivity (Wildman–Crippen MR) is 131 cm³/mol. The minimum Gasteiger partial charge on any atom is -0.455 e. The van der Waals surface area contributed by atoms with Crippen molar-refractivity contribution in [3.63, 3.8) is 0 Å². The lowest BCUT2D eigenvalue weighted by Gasteiger charge is -2.18. The van der Waals surface area contributed by atoms with Crippen LogP contribution in [0.15, 0.2) is 88.1 Å². The molecule has 0 aliphatic carbocycles. The van der Waals surface area contributed by atoms with E-state index in [1.54, 1.807) is 19.1 Å². The highest BCUT2D eigenvalue weighted by molar-refractivity contribution is 6.03. The number of ether oxygens (including phenoxy) is 1. The summed E-state index contributed by atoms with van der Waals surface area (Å²) in [5.74, 6) is -0.778. The molecule has 6 nitrogen and oxygen atoms in total. The first-order valence-electron chi connectivity index (χ1n) is 11.0. The zero-order chi connectivity index (χ0) is 24.2. The number of hydrogen-bond donors (Lipinski definition) is 1. The molecule has 0 radical (unpaired) electrons. The minimum absolute atomic E-state index is 0.0857. The van der Waals surface area contributed by atoms with Gasteiger partial charge in [-0.25, -0.2) is 4.79 Å². The SMILES string of the molecule is Cc1c(-c2ccccc2)oc2c(C(=O)OC(C)C(=O)NC(C)c3ccccc3)cccc2c1=O. The van der Waals surface area contributed by atoms with E-state index in [4.69, 9.17) is 9.15 Å². The first-order chi connectivity index (χ1) is 16.4. The average Bonchev–Trinajstić information content (AvgIpc) is 2.86. The molecular formula is C28H25NO5. The maximum atomic E-state index is 13.0. The number of benzene rings is 3. The fourth-order valence-electron chi connectivity index (χ4n) is 3.77. The first-order valence-corrected chi connectivity index (χ1v) is 11.0. The summed E-state index contributed by atoms with van der Waals surface area (Å²) in [4.78, 5) is 38.6. The van der Waals surface area contributed by atoms with Gasteiger partial charge in [-0.05, 0) is 38.5 Å². The number of nitrogens with one attached hydrogen (secondary N) is 1. The summed E-state index contributed by atoms with van der Waals surface area (Å²) >= 11 is 0. The second kappa shape index (κ2) is 9.75. The minimum atomic E-state index is -1.04. The van der Waals surface area contributed by atoms with Gasteiger partial charge >= 0.3 is 5.97 Å². The highest BCUT2D eigenvalue weighted by Gasteiger charge is 2.24. The molecule has 6 heteroatoms. The molecule has 0 saturated heterocycles. The van der Waals surface area contributed by atoms with E-state index >= 15 is 0 Å². The molecule has 1 N–H and O–H groups in total. The largest absolute Gasteiger partial charge is 0.455 e. The van der Waals surface area contributed by atoms with E-state index in [2.05, 4.69) is 5.32 Å². The number of esters is 1. The van der Waals surface area contributed by atoms with Crippen molar-refractivity contribution in [2.75, 3.05) is 0 Å². The Kier molecular flexibility index (Phi) is 6.59. The molecule has 0 aliphatic heterocycles. The Morgan fingerprint density at radius 3 is 2.21 bits per heavy atom. The van der Waals surface area contributed by atoms with Crippen LogP contribution in [0.3, 0.4) is 0 Å². The van der Waals surface area contributed by atoms with E-state index in [-0.39, 0.29) is 28.0 Å². The smallest absolute Gasteiger partial charge is 0.342 e. The van der Waals surface area contributed by atoms with Crippen LogP contribution in [0, 0.1) is 6.92 Å². The summed E-state index contributed by atoms with van der Waals surface area (Å²) in [6.45, 7) is 5.05. The van der Waals surface area contributed by atoms with Crippen LogP contribution in [-0.2, 0) is 9.53 Å². The van der Waals surface area contributed by atoms with E-state index in [1.165, 1.54) is 13.0 Å². The molecule has 3 aromatic carbocycles. The van der Waals surface area contributed by atoms with Gasteiger partial charge in [0.2, 0.25) is 0 Å². The van der Waals surface area contributed by atoms with Gasteiger partial charge in [0.15, 0.2) is 17.1 Å². The van der Waals surface area contributed by atoms with Gasteiger partial charge in [0.05, 0.1) is 11.4 Å². The molecule has 1 aromatic heterocycles. The Labute approximate surface area is 197 Å². The molecule has 1 amide bonds. The summed E-state index contributed by atoms with van der Waals surface area (Å²) in [6.07, 6.45) is -1.04. The van der Waals surface area contributed by atoms with Crippen LogP contribution in [0.1, 0.15) is 41.4 Å². The first kappa shape index (κ1) is 23.0. The van der Waals surface area contributed by atoms with Crippen molar-refractivity contribution in [2.24, 2.45) is 0 Å². The Hall–Kier alpha value is -4.19. The molecule has 4 rings (SSSR count). The molecule has 172 valence electrons. The molecule has 2 unspecified atom stereocenters. The Morgan fingerprint density at radius 1 is 0.882 bits per heavy atom. The third kappa shape index (κ3) is 4.62. The molecule has 0 bridgehead atoms. The van der Waals surface area contributed by atoms with Gasteiger partial charge in [0.1, 0.15) is 11.3 Å². The lowest BCUT2D eigenvalue weighted by Crippen LogP contribution is -2.37. The fraction of sp³-hybridized carbons (Fsp3) is 0.179. The van der Waals surface area contributed by atoms with Crippen LogP contribution < -0.4 is 10.7 Å². The van der Waals surface area contributed by atoms with E-state index in [1.807, 2.05) is 67.6 Å². The second-order valence-corrected chi connectivity index (χ2v) is 8.12. The van der Waals surface area contributed by atoms with E-state index in [9.17, 15) is 14.4 Å². The van der Waals surface area contributed by atoms with Gasteiger partial charge < -0.3 is 14.5 Å². The molecule has 0 aliphatic rings. The van der Waals surface area contributed by atoms with Crippen LogP contribution in [0.5, 0.6) is 0 Å².